The Morgan fingerprint density at radius 1 is 1.19 bits per heavy atom. The van der Waals surface area contributed by atoms with Gasteiger partial charge < -0.3 is 34.1 Å². The van der Waals surface area contributed by atoms with E-state index < -0.39 is 11.4 Å². The van der Waals surface area contributed by atoms with Gasteiger partial charge in [-0.3, -0.25) is 14.4 Å². The Morgan fingerprint density at radius 2 is 1.98 bits per heavy atom. The predicted molar refractivity (Wildman–Crippen MR) is 171 cm³/mol. The lowest BCUT2D eigenvalue weighted by molar-refractivity contribution is -0.187. The van der Waals surface area contributed by atoms with Gasteiger partial charge in [0.2, 0.25) is 17.0 Å². The molecule has 14 nitrogen and oxygen atoms in total. The van der Waals surface area contributed by atoms with Crippen molar-refractivity contribution in [1.82, 2.24) is 34.9 Å². The van der Waals surface area contributed by atoms with Crippen LogP contribution in [0.25, 0.3) is 16.9 Å². The summed E-state index contributed by atoms with van der Waals surface area (Å²) in [7, 11) is 0. The maximum absolute atomic E-state index is 14.5. The van der Waals surface area contributed by atoms with E-state index in [1.165, 1.54) is 4.80 Å². The van der Waals surface area contributed by atoms with Crippen LogP contribution >= 0.6 is 0 Å². The molecule has 5 heterocycles. The average molecular weight is 647 g/mol. The number of hydrogen-bond donors (Lipinski definition) is 2. The molecule has 250 valence electrons. The zero-order valence-electron chi connectivity index (χ0n) is 27.4. The van der Waals surface area contributed by atoms with Crippen LogP contribution in [0.1, 0.15) is 82.4 Å². The number of aromatic nitrogens is 5. The molecule has 3 aromatic rings. The first-order chi connectivity index (χ1) is 22.5. The van der Waals surface area contributed by atoms with Crippen molar-refractivity contribution in [3.63, 3.8) is 0 Å². The summed E-state index contributed by atoms with van der Waals surface area (Å²) in [5, 5.41) is 26.7. The lowest BCUT2D eigenvalue weighted by Crippen LogP contribution is -2.76. The maximum atomic E-state index is 14.5. The number of ether oxygens (including phenoxy) is 1. The summed E-state index contributed by atoms with van der Waals surface area (Å²) < 4.78 is 12.2. The van der Waals surface area contributed by atoms with Gasteiger partial charge in [-0.05, 0) is 62.9 Å². The van der Waals surface area contributed by atoms with Crippen molar-refractivity contribution in [2.24, 2.45) is 11.3 Å². The maximum Gasteiger partial charge on any atom is 0.280 e. The predicted octanol–water partition coefficient (Wildman–Crippen LogP) is 2.69. The second-order valence-electron chi connectivity index (χ2n) is 14.7. The SMILES string of the molecule is CCc1c(N2CCN(C(=O)c3nocc3O)[C@H]3CC[C@@]32C)c(=O)c2nn(C3=CCOCC3)nc2n1CC(=O)NC12CC(C(C)C)(C1)C2. The van der Waals surface area contributed by atoms with Crippen molar-refractivity contribution in [2.45, 2.75) is 96.3 Å². The third-order valence-electron chi connectivity index (χ3n) is 11.9. The number of anilines is 1. The fraction of sp³-hybridized carbons (Fsp3) is 0.636. The molecule has 47 heavy (non-hydrogen) atoms. The van der Waals surface area contributed by atoms with Gasteiger partial charge in [-0.2, -0.15) is 4.80 Å². The van der Waals surface area contributed by atoms with Crippen LogP contribution < -0.4 is 15.6 Å². The van der Waals surface area contributed by atoms with Gasteiger partial charge in [-0.15, -0.1) is 10.2 Å². The lowest BCUT2D eigenvalue weighted by atomic mass is 9.36. The molecule has 6 aliphatic rings. The normalized spacial score (nSPS) is 29.6. The van der Waals surface area contributed by atoms with Gasteiger partial charge in [-0.1, -0.05) is 25.9 Å². The number of nitrogens with zero attached hydrogens (tertiary/aromatic N) is 7. The fourth-order valence-electron chi connectivity index (χ4n) is 9.09. The van der Waals surface area contributed by atoms with Crippen molar-refractivity contribution in [3.8, 4) is 5.75 Å². The highest BCUT2D eigenvalue weighted by Gasteiger charge is 2.69. The molecule has 2 atom stereocenters. The number of hydrogen-bond acceptors (Lipinski definition) is 10. The number of carbonyl (C=O) groups excluding carboxylic acids is 2. The van der Waals surface area contributed by atoms with Crippen LogP contribution in [0.3, 0.4) is 0 Å². The van der Waals surface area contributed by atoms with Gasteiger partial charge in [0, 0.05) is 30.7 Å². The van der Waals surface area contributed by atoms with E-state index in [1.807, 2.05) is 17.6 Å². The van der Waals surface area contributed by atoms with Gasteiger partial charge in [0.15, 0.2) is 23.2 Å². The third-order valence-corrected chi connectivity index (χ3v) is 11.9. The Hall–Kier alpha value is -4.20. The Morgan fingerprint density at radius 3 is 2.60 bits per heavy atom. The molecule has 3 aromatic heterocycles. The Bertz CT molecular complexity index is 1870. The van der Waals surface area contributed by atoms with Gasteiger partial charge >= 0.3 is 0 Å². The molecule has 0 radical (unpaired) electrons. The summed E-state index contributed by atoms with van der Waals surface area (Å²) in [6.07, 6.45) is 8.59. The van der Waals surface area contributed by atoms with E-state index in [4.69, 9.17) is 19.5 Å². The number of carbonyl (C=O) groups is 2. The van der Waals surface area contributed by atoms with Crippen molar-refractivity contribution in [2.75, 3.05) is 31.2 Å². The van der Waals surface area contributed by atoms with E-state index >= 15 is 0 Å². The highest BCUT2D eigenvalue weighted by Crippen LogP contribution is 2.70. The standard InChI is InChI=1S/C33H42N8O6/c1-5-21-27(40-11-10-38(23-6-9-31(23,40)4)30(45)25-22(42)15-47-37-25)28(44)26-29(36-41(35-26)20-7-12-46-13-8-20)39(21)14-24(43)34-33-16-32(17-33,18-33)19(2)3/h7,15,19,23,42H,5-6,8-14,16-18H2,1-4H3,(H,34,43)/t23-,31-,32?,33?/m0/s1. The lowest BCUT2D eigenvalue weighted by Gasteiger charge is -2.72. The molecular weight excluding hydrogens is 604 g/mol. The van der Waals surface area contributed by atoms with Crippen LogP contribution in [-0.2, 0) is 22.5 Å². The van der Waals surface area contributed by atoms with E-state index in [1.54, 1.807) is 4.90 Å². The second-order valence-corrected chi connectivity index (χ2v) is 14.7. The molecule has 4 aliphatic carbocycles. The highest BCUT2D eigenvalue weighted by atomic mass is 16.5. The van der Waals surface area contributed by atoms with Crippen molar-refractivity contribution in [1.29, 1.82) is 0 Å². The van der Waals surface area contributed by atoms with Crippen molar-refractivity contribution >= 4 is 34.4 Å². The molecule has 14 heteroatoms. The Labute approximate surface area is 271 Å². The van der Waals surface area contributed by atoms with Crippen LogP contribution in [0.4, 0.5) is 5.69 Å². The molecule has 1 saturated heterocycles. The molecule has 4 saturated carbocycles. The summed E-state index contributed by atoms with van der Waals surface area (Å²) in [6, 6.07) is -0.211. The molecule has 0 spiro atoms. The van der Waals surface area contributed by atoms with E-state index in [2.05, 4.69) is 36.1 Å². The minimum absolute atomic E-state index is 0.0221. The molecule has 0 aromatic carbocycles. The summed E-state index contributed by atoms with van der Waals surface area (Å²) in [5.41, 5.74) is 2.01. The number of aromatic hydroxyl groups is 1. The van der Waals surface area contributed by atoms with Crippen molar-refractivity contribution < 1.29 is 24.0 Å². The number of rotatable bonds is 8. The number of amides is 2. The molecule has 0 unspecified atom stereocenters. The number of pyridine rings is 1. The van der Waals surface area contributed by atoms with Crippen LogP contribution in [0, 0.1) is 11.3 Å². The Kier molecular flexibility index (Phi) is 6.67. The summed E-state index contributed by atoms with van der Waals surface area (Å²) in [6.45, 7) is 10.3. The van der Waals surface area contributed by atoms with Gasteiger partial charge in [-0.25, -0.2) is 0 Å². The molecular formula is C33H42N8O6. The third kappa shape index (κ3) is 4.32. The molecule has 2 aliphatic heterocycles. The number of fused-ring (bicyclic) bond motifs is 2. The van der Waals surface area contributed by atoms with E-state index in [-0.39, 0.29) is 46.4 Å². The first-order valence-corrected chi connectivity index (χ1v) is 16.8. The first kappa shape index (κ1) is 30.2. The second kappa shape index (κ2) is 10.4. The monoisotopic (exact) mass is 646 g/mol. The molecule has 9 rings (SSSR count). The van der Waals surface area contributed by atoms with Gasteiger partial charge in [0.05, 0.1) is 30.5 Å². The quantitative estimate of drug-likeness (QED) is 0.372. The first-order valence-electron chi connectivity index (χ1n) is 16.8. The average Bonchev–Trinajstić information content (AvgIpc) is 3.65. The van der Waals surface area contributed by atoms with Crippen LogP contribution in [0.15, 0.2) is 21.7 Å². The summed E-state index contributed by atoms with van der Waals surface area (Å²) in [4.78, 5) is 47.1. The van der Waals surface area contributed by atoms with E-state index in [9.17, 15) is 19.5 Å². The topological polar surface area (TPSA) is 161 Å². The fourth-order valence-corrected chi connectivity index (χ4v) is 9.09. The largest absolute Gasteiger partial charge is 0.503 e. The molecule has 2 amide bonds. The highest BCUT2D eigenvalue weighted by molar-refractivity contribution is 5.95. The van der Waals surface area contributed by atoms with Gasteiger partial charge in [0.25, 0.3) is 5.91 Å². The zero-order valence-corrected chi connectivity index (χ0v) is 27.4. The van der Waals surface area contributed by atoms with Crippen LogP contribution in [0.5, 0.6) is 5.75 Å². The van der Waals surface area contributed by atoms with Crippen LogP contribution in [0.2, 0.25) is 0 Å². The van der Waals surface area contributed by atoms with E-state index in [0.29, 0.717) is 61.8 Å². The number of piperazine rings is 1. The minimum atomic E-state index is -0.555. The smallest absolute Gasteiger partial charge is 0.280 e. The van der Waals surface area contributed by atoms with Crippen LogP contribution in [-0.4, -0.2) is 90.0 Å². The number of nitrogens with one attached hydrogen (secondary N) is 1. The Balaban J connectivity index is 1.18. The summed E-state index contributed by atoms with van der Waals surface area (Å²) >= 11 is 0. The molecule has 2 bridgehead atoms. The van der Waals surface area contributed by atoms with E-state index in [0.717, 1.165) is 49.8 Å². The minimum Gasteiger partial charge on any atom is -0.503 e. The zero-order chi connectivity index (χ0) is 32.9. The van der Waals surface area contributed by atoms with Gasteiger partial charge in [0.1, 0.15) is 12.2 Å². The molecule has 5 fully saturated rings. The molecule has 2 N–H and O–H groups in total. The summed E-state index contributed by atoms with van der Waals surface area (Å²) in [5.74, 6) is -0.187. The van der Waals surface area contributed by atoms with Crippen molar-refractivity contribution in [3.05, 3.63) is 34.0 Å².